The predicted molar refractivity (Wildman–Crippen MR) is 124 cm³/mol. The number of carbonyl (C=O) groups excluding carboxylic acids is 3. The van der Waals surface area contributed by atoms with Gasteiger partial charge in [-0.2, -0.15) is 0 Å². The first kappa shape index (κ1) is 24.3. The molecule has 0 radical (unpaired) electrons. The highest BCUT2D eigenvalue weighted by atomic mass is 79.9. The molecular weight excluding hydrogens is 497 g/mol. The molecule has 0 aromatic heterocycles. The number of primary amides is 1. The predicted octanol–water partition coefficient (Wildman–Crippen LogP) is 0.288. The van der Waals surface area contributed by atoms with Gasteiger partial charge in [0.1, 0.15) is 6.04 Å². The summed E-state index contributed by atoms with van der Waals surface area (Å²) in [6.07, 6.45) is -0.101. The van der Waals surface area contributed by atoms with Crippen molar-refractivity contribution in [2.24, 2.45) is 5.73 Å². The van der Waals surface area contributed by atoms with Gasteiger partial charge in [-0.25, -0.2) is 9.80 Å². The number of ether oxygens (including phenoxy) is 1. The van der Waals surface area contributed by atoms with E-state index in [1.807, 2.05) is 0 Å². The van der Waals surface area contributed by atoms with Crippen LogP contribution in [0, 0.1) is 5.82 Å². The Bertz CT molecular complexity index is 1100. The fourth-order valence-electron chi connectivity index (χ4n) is 3.69. The number of hydrogen-bond donors (Lipinski definition) is 4. The zero-order valence-corrected chi connectivity index (χ0v) is 19.4. The molecule has 11 heteroatoms. The van der Waals surface area contributed by atoms with Crippen molar-refractivity contribution in [3.63, 3.8) is 0 Å². The molecule has 1 saturated heterocycles. The number of nitrogens with zero attached hydrogens (tertiary/aromatic N) is 1. The summed E-state index contributed by atoms with van der Waals surface area (Å²) >= 11 is 3.08. The van der Waals surface area contributed by atoms with Crippen LogP contribution in [0.25, 0.3) is 0 Å². The van der Waals surface area contributed by atoms with E-state index in [4.69, 9.17) is 15.9 Å². The quantitative estimate of drug-likeness (QED) is 0.370. The second-order valence-electron chi connectivity index (χ2n) is 7.36. The lowest BCUT2D eigenvalue weighted by Crippen LogP contribution is -2.50. The van der Waals surface area contributed by atoms with E-state index in [0.29, 0.717) is 17.7 Å². The Morgan fingerprint density at radius 1 is 1.21 bits per heavy atom. The summed E-state index contributed by atoms with van der Waals surface area (Å²) in [7, 11) is 1.45. The van der Waals surface area contributed by atoms with Gasteiger partial charge in [0, 0.05) is 19.3 Å². The maximum absolute atomic E-state index is 14.3. The third kappa shape index (κ3) is 5.37. The molecule has 33 heavy (non-hydrogen) atoms. The Balaban J connectivity index is 1.74. The van der Waals surface area contributed by atoms with Crippen molar-refractivity contribution in [2.45, 2.75) is 18.6 Å². The number of amides is 3. The van der Waals surface area contributed by atoms with E-state index in [9.17, 15) is 18.8 Å². The molecule has 2 aromatic carbocycles. The molecule has 1 unspecified atom stereocenters. The molecule has 3 amide bonds. The van der Waals surface area contributed by atoms with Crippen molar-refractivity contribution < 1.29 is 28.9 Å². The molecule has 0 aliphatic carbocycles. The van der Waals surface area contributed by atoms with E-state index in [0.717, 1.165) is 0 Å². The van der Waals surface area contributed by atoms with Crippen molar-refractivity contribution in [3.05, 3.63) is 58.3 Å². The average molecular weight is 521 g/mol. The topological polar surface area (TPSA) is 139 Å². The number of benzene rings is 2. The Hall–Kier alpha value is -3.31. The fourth-order valence-corrected chi connectivity index (χ4v) is 4.05. The number of likely N-dealkylation sites (tertiary alicyclic amines) is 1. The second kappa shape index (κ2) is 10.5. The normalized spacial score (nSPS) is 17.5. The van der Waals surface area contributed by atoms with Gasteiger partial charge in [0.25, 0.3) is 5.71 Å². The van der Waals surface area contributed by atoms with Crippen LogP contribution in [0.15, 0.2) is 46.9 Å². The van der Waals surface area contributed by atoms with Crippen LogP contribution < -0.4 is 21.8 Å². The Kier molecular flexibility index (Phi) is 7.77. The third-order valence-electron chi connectivity index (χ3n) is 5.36. The Morgan fingerprint density at radius 2 is 1.91 bits per heavy atom. The van der Waals surface area contributed by atoms with Crippen LogP contribution in [0.2, 0.25) is 0 Å². The van der Waals surface area contributed by atoms with Crippen LogP contribution in [0.3, 0.4) is 0 Å². The summed E-state index contributed by atoms with van der Waals surface area (Å²) in [6.45, 7) is 0.115. The van der Waals surface area contributed by atoms with E-state index in [-0.39, 0.29) is 34.9 Å². The molecule has 1 fully saturated rings. The zero-order valence-electron chi connectivity index (χ0n) is 17.8. The first-order valence-electron chi connectivity index (χ1n) is 10.1. The number of anilines is 2. The largest absolute Gasteiger partial charge is 0.379 e. The van der Waals surface area contributed by atoms with Crippen LogP contribution in [-0.4, -0.2) is 60.7 Å². The van der Waals surface area contributed by atoms with Crippen molar-refractivity contribution in [3.8, 4) is 0 Å². The van der Waals surface area contributed by atoms with E-state index in [2.05, 4.69) is 26.6 Å². The lowest BCUT2D eigenvalue weighted by Gasteiger charge is -2.27. The average Bonchev–Trinajstić information content (AvgIpc) is 3.24. The molecule has 9 nitrogen and oxygen atoms in total. The molecule has 2 aromatic rings. The molecule has 0 spiro atoms. The van der Waals surface area contributed by atoms with Crippen LogP contribution in [0.5, 0.6) is 0 Å². The Labute approximate surface area is 198 Å². The van der Waals surface area contributed by atoms with E-state index in [1.165, 1.54) is 24.1 Å². The summed E-state index contributed by atoms with van der Waals surface area (Å²) in [5, 5.41) is 11.3. The number of para-hydroxylation sites is 1. The van der Waals surface area contributed by atoms with Gasteiger partial charge >= 0.3 is 5.91 Å². The highest BCUT2D eigenvalue weighted by molar-refractivity contribution is 9.10. The molecule has 2 atom stereocenters. The van der Waals surface area contributed by atoms with Crippen LogP contribution in [0.4, 0.5) is 15.8 Å². The third-order valence-corrected chi connectivity index (χ3v) is 5.97. The number of methoxy groups -OCH3 is 1. The maximum atomic E-state index is 14.3. The van der Waals surface area contributed by atoms with Crippen molar-refractivity contribution in [2.75, 3.05) is 30.8 Å². The van der Waals surface area contributed by atoms with Crippen LogP contribution in [0.1, 0.15) is 12.0 Å². The van der Waals surface area contributed by atoms with Gasteiger partial charge in [-0.1, -0.05) is 18.2 Å². The summed E-state index contributed by atoms with van der Waals surface area (Å²) in [6, 6.07) is 10.2. The van der Waals surface area contributed by atoms with Gasteiger partial charge in [0.05, 0.1) is 28.4 Å². The molecule has 6 N–H and O–H groups in total. The highest BCUT2D eigenvalue weighted by Crippen LogP contribution is 2.26. The van der Waals surface area contributed by atoms with Crippen LogP contribution in [-0.2, 0) is 19.1 Å². The second-order valence-corrected chi connectivity index (χ2v) is 8.22. The molecule has 0 saturated carbocycles. The SMILES string of the molecule is COC1CCN(C(=O)CNc2ccccc2C(=[NH2+])C(N)=O)[C@@H]1C(=O)Nc1cccc(Br)c1F. The van der Waals surface area contributed by atoms with E-state index >= 15 is 0 Å². The minimum atomic E-state index is -0.944. The van der Waals surface area contributed by atoms with Gasteiger partial charge in [-0.3, -0.25) is 14.4 Å². The fraction of sp³-hybridized carbons (Fsp3) is 0.273. The van der Waals surface area contributed by atoms with Gasteiger partial charge < -0.3 is 26.0 Å². The van der Waals surface area contributed by atoms with Gasteiger partial charge in [0.2, 0.25) is 11.8 Å². The molecule has 1 heterocycles. The molecule has 1 aliphatic rings. The number of rotatable bonds is 8. The highest BCUT2D eigenvalue weighted by Gasteiger charge is 2.42. The lowest BCUT2D eigenvalue weighted by molar-refractivity contribution is -0.137. The van der Waals surface area contributed by atoms with Crippen molar-refractivity contribution in [1.29, 1.82) is 0 Å². The summed E-state index contributed by atoms with van der Waals surface area (Å²) in [5.74, 6) is -2.33. The van der Waals surface area contributed by atoms with Crippen molar-refractivity contribution >= 4 is 50.7 Å². The maximum Gasteiger partial charge on any atom is 0.313 e. The number of nitrogens with one attached hydrogen (secondary N) is 2. The van der Waals surface area contributed by atoms with Gasteiger partial charge in [-0.15, -0.1) is 0 Å². The number of nitrogens with two attached hydrogens (primary N) is 2. The van der Waals surface area contributed by atoms with E-state index < -0.39 is 29.8 Å². The summed E-state index contributed by atoms with van der Waals surface area (Å²) < 4.78 is 19.9. The molecule has 174 valence electrons. The summed E-state index contributed by atoms with van der Waals surface area (Å²) in [4.78, 5) is 38.8. The molecule has 1 aliphatic heterocycles. The standard InChI is InChI=1S/C22H23BrFN5O4/c1-33-16-9-10-29(20(16)22(32)28-15-8-4-6-13(23)18(15)24)17(30)11-27-14-7-3-2-5-12(14)19(25)21(26)31/h2-8,16,20,25,27H,9-11H2,1H3,(H2,26,31)(H,28,32)/p+1/t16?,20-/m0/s1. The van der Waals surface area contributed by atoms with Gasteiger partial charge in [0.15, 0.2) is 5.82 Å². The minimum absolute atomic E-state index is 0.00644. The zero-order chi connectivity index (χ0) is 24.1. The molecule has 0 bridgehead atoms. The van der Waals surface area contributed by atoms with Crippen LogP contribution >= 0.6 is 15.9 Å². The lowest BCUT2D eigenvalue weighted by atomic mass is 10.1. The number of halogens is 2. The van der Waals surface area contributed by atoms with Gasteiger partial charge in [-0.05, 0) is 46.6 Å². The number of hydrogen-bond acceptors (Lipinski definition) is 5. The summed E-state index contributed by atoms with van der Waals surface area (Å²) in [5.41, 5.74) is 5.94. The monoisotopic (exact) mass is 520 g/mol. The molecular formula is C22H24BrFN5O4+. The van der Waals surface area contributed by atoms with E-state index in [1.54, 1.807) is 30.3 Å². The molecule has 3 rings (SSSR count). The van der Waals surface area contributed by atoms with Crippen molar-refractivity contribution in [1.82, 2.24) is 4.90 Å². The first-order chi connectivity index (χ1) is 15.7. The number of carbonyl (C=O) groups is 3. The Morgan fingerprint density at radius 3 is 2.61 bits per heavy atom. The minimum Gasteiger partial charge on any atom is -0.379 e. The smallest absolute Gasteiger partial charge is 0.313 e. The first-order valence-corrected chi connectivity index (χ1v) is 10.9.